The highest BCUT2D eigenvalue weighted by Crippen LogP contribution is 2.60. The van der Waals surface area contributed by atoms with Crippen molar-refractivity contribution in [3.63, 3.8) is 0 Å². The fourth-order valence-electron chi connectivity index (χ4n) is 6.97. The first-order chi connectivity index (χ1) is 15.6. The summed E-state index contributed by atoms with van der Waals surface area (Å²) in [7, 11) is 0. The van der Waals surface area contributed by atoms with Gasteiger partial charge in [0.25, 0.3) is 0 Å². The first-order valence-electron chi connectivity index (χ1n) is 13.2. The van der Waals surface area contributed by atoms with Crippen LogP contribution in [0.15, 0.2) is 35.5 Å². The second kappa shape index (κ2) is 12.0. The Morgan fingerprint density at radius 1 is 1.24 bits per heavy atom. The summed E-state index contributed by atoms with van der Waals surface area (Å²) in [4.78, 5) is 0. The monoisotopic (exact) mass is 522 g/mol. The molecule has 3 fully saturated rings. The van der Waals surface area contributed by atoms with Crippen LogP contribution in [0.5, 0.6) is 0 Å². The molecule has 3 saturated carbocycles. The van der Waals surface area contributed by atoms with Gasteiger partial charge in [0, 0.05) is 0 Å². The molecule has 3 rings (SSSR count). The maximum Gasteiger partial charge on any atom is 0.148 e. The van der Waals surface area contributed by atoms with Gasteiger partial charge in [0.05, 0.1) is 11.7 Å². The van der Waals surface area contributed by atoms with Gasteiger partial charge in [0.1, 0.15) is 12.3 Å². The summed E-state index contributed by atoms with van der Waals surface area (Å²) in [5.74, 6) is 2.26. The number of aliphatic hydroxyl groups is 1. The maximum atomic E-state index is 10.1. The van der Waals surface area contributed by atoms with Crippen LogP contribution >= 0.6 is 15.9 Å². The minimum atomic E-state index is -0.538. The van der Waals surface area contributed by atoms with Crippen LogP contribution in [0, 0.1) is 23.2 Å². The van der Waals surface area contributed by atoms with Crippen LogP contribution in [-0.4, -0.2) is 29.1 Å². The molecule has 0 saturated heterocycles. The van der Waals surface area contributed by atoms with Crippen LogP contribution in [-0.2, 0) is 9.47 Å². The van der Waals surface area contributed by atoms with E-state index in [1.54, 1.807) is 5.57 Å². The highest BCUT2D eigenvalue weighted by atomic mass is 79.9. The van der Waals surface area contributed by atoms with Crippen molar-refractivity contribution < 1.29 is 14.6 Å². The van der Waals surface area contributed by atoms with Crippen molar-refractivity contribution in [2.75, 3.05) is 12.3 Å². The van der Waals surface area contributed by atoms with Crippen molar-refractivity contribution in [1.82, 2.24) is 0 Å². The van der Waals surface area contributed by atoms with E-state index in [-0.39, 0.29) is 6.10 Å². The lowest BCUT2D eigenvalue weighted by molar-refractivity contribution is -0.0785. The third-order valence-corrected chi connectivity index (χ3v) is 9.13. The molecule has 188 valence electrons. The van der Waals surface area contributed by atoms with E-state index in [9.17, 15) is 5.11 Å². The topological polar surface area (TPSA) is 38.7 Å². The zero-order valence-corrected chi connectivity index (χ0v) is 23.1. The van der Waals surface area contributed by atoms with Crippen molar-refractivity contribution in [1.29, 1.82) is 0 Å². The fourth-order valence-corrected chi connectivity index (χ4v) is 7.10. The molecule has 0 radical (unpaired) electrons. The van der Waals surface area contributed by atoms with Gasteiger partial charge >= 0.3 is 0 Å². The van der Waals surface area contributed by atoms with Gasteiger partial charge in [-0.15, -0.1) is 0 Å². The maximum absolute atomic E-state index is 10.1. The van der Waals surface area contributed by atoms with E-state index in [1.165, 1.54) is 49.7 Å². The summed E-state index contributed by atoms with van der Waals surface area (Å²) in [6.07, 6.45) is 17.9. The predicted octanol–water partition coefficient (Wildman–Crippen LogP) is 8.08. The molecule has 0 spiro atoms. The zero-order valence-electron chi connectivity index (χ0n) is 21.5. The van der Waals surface area contributed by atoms with Crippen LogP contribution in [0.25, 0.3) is 0 Å². The third kappa shape index (κ3) is 7.29. The Kier molecular flexibility index (Phi) is 9.89. The Hall–Kier alpha value is -0.420. The molecule has 0 heterocycles. The van der Waals surface area contributed by atoms with Gasteiger partial charge in [-0.05, 0) is 100 Å². The number of ether oxygens (including phenoxy) is 2. The molecule has 33 heavy (non-hydrogen) atoms. The van der Waals surface area contributed by atoms with Gasteiger partial charge in [-0.3, -0.25) is 0 Å². The van der Waals surface area contributed by atoms with Gasteiger partial charge in [0.2, 0.25) is 0 Å². The molecule has 3 nitrogen and oxygen atoms in total. The highest BCUT2D eigenvalue weighted by molar-refractivity contribution is 9.09. The Labute approximate surface area is 211 Å². The number of fused-ring (bicyclic) bond motifs is 1. The molecule has 0 aromatic rings. The average Bonchev–Trinajstić information content (AvgIpc) is 3.10. The summed E-state index contributed by atoms with van der Waals surface area (Å²) >= 11 is 3.28. The first kappa shape index (κ1) is 27.2. The SMILES string of the molecule is C=C1CCC(OCOCBr)CC1=CC=C1CCCC2(C)C1CCC2C(C)CCCC(C)(C)O. The van der Waals surface area contributed by atoms with E-state index >= 15 is 0 Å². The summed E-state index contributed by atoms with van der Waals surface area (Å²) in [5.41, 5.74) is 4.71. The number of rotatable bonds is 10. The van der Waals surface area contributed by atoms with Crippen LogP contribution in [0.2, 0.25) is 0 Å². The number of hydrogen-bond acceptors (Lipinski definition) is 3. The summed E-state index contributed by atoms with van der Waals surface area (Å²) in [5, 5.41) is 10.1. The average molecular weight is 524 g/mol. The Balaban J connectivity index is 1.64. The van der Waals surface area contributed by atoms with Gasteiger partial charge in [-0.1, -0.05) is 72.5 Å². The van der Waals surface area contributed by atoms with E-state index in [0.717, 1.165) is 49.9 Å². The molecule has 3 aliphatic rings. The van der Waals surface area contributed by atoms with Crippen LogP contribution in [0.3, 0.4) is 0 Å². The van der Waals surface area contributed by atoms with Gasteiger partial charge in [-0.25, -0.2) is 0 Å². The Morgan fingerprint density at radius 2 is 2.03 bits per heavy atom. The van der Waals surface area contributed by atoms with Gasteiger partial charge in [-0.2, -0.15) is 0 Å². The normalized spacial score (nSPS) is 34.1. The van der Waals surface area contributed by atoms with E-state index in [1.807, 2.05) is 13.8 Å². The van der Waals surface area contributed by atoms with Gasteiger partial charge in [0.15, 0.2) is 0 Å². The van der Waals surface area contributed by atoms with Crippen molar-refractivity contribution in [3.05, 3.63) is 35.5 Å². The smallest absolute Gasteiger partial charge is 0.148 e. The van der Waals surface area contributed by atoms with Crippen LogP contribution < -0.4 is 0 Å². The zero-order chi connectivity index (χ0) is 24.1. The van der Waals surface area contributed by atoms with Gasteiger partial charge < -0.3 is 14.6 Å². The highest BCUT2D eigenvalue weighted by Gasteiger charge is 2.50. The molecule has 0 aromatic heterocycles. The van der Waals surface area contributed by atoms with E-state index < -0.39 is 5.60 Å². The summed E-state index contributed by atoms with van der Waals surface area (Å²) < 4.78 is 11.2. The lowest BCUT2D eigenvalue weighted by Gasteiger charge is -2.44. The molecule has 0 amide bonds. The third-order valence-electron chi connectivity index (χ3n) is 8.81. The number of hydrogen-bond donors (Lipinski definition) is 1. The molecule has 5 unspecified atom stereocenters. The van der Waals surface area contributed by atoms with Crippen molar-refractivity contribution in [2.45, 2.75) is 110 Å². The summed E-state index contributed by atoms with van der Waals surface area (Å²) in [6, 6.07) is 0. The van der Waals surface area contributed by atoms with E-state index in [0.29, 0.717) is 17.7 Å². The quantitative estimate of drug-likeness (QED) is 0.179. The molecule has 0 bridgehead atoms. The second-order valence-corrected chi connectivity index (χ2v) is 12.2. The number of alkyl halides is 1. The van der Waals surface area contributed by atoms with E-state index in [2.05, 4.69) is 48.5 Å². The molecule has 0 aliphatic heterocycles. The Morgan fingerprint density at radius 3 is 2.76 bits per heavy atom. The van der Waals surface area contributed by atoms with Crippen LogP contribution in [0.1, 0.15) is 98.3 Å². The predicted molar refractivity (Wildman–Crippen MR) is 141 cm³/mol. The lowest BCUT2D eigenvalue weighted by Crippen LogP contribution is -2.36. The van der Waals surface area contributed by atoms with Crippen LogP contribution in [0.4, 0.5) is 0 Å². The largest absolute Gasteiger partial charge is 0.390 e. The standard InChI is InChI=1S/C29H47BrO3/c1-21-10-13-25(33-20-32-19-30)18-24(21)12-11-23-9-7-17-29(5)26(14-15-27(23)29)22(2)8-6-16-28(3,4)31/h11-12,22,25-27,31H,1,6-10,13-20H2,2-5H3. The number of halogens is 1. The number of allylic oxidation sites excluding steroid dienone is 4. The second-order valence-electron chi connectivity index (χ2n) is 11.8. The molecule has 1 N–H and O–H groups in total. The molecule has 4 heteroatoms. The molecular weight excluding hydrogens is 476 g/mol. The first-order valence-corrected chi connectivity index (χ1v) is 14.3. The fraction of sp³-hybridized carbons (Fsp3) is 0.793. The minimum absolute atomic E-state index is 0.233. The molecular formula is C29H47BrO3. The van der Waals surface area contributed by atoms with E-state index in [4.69, 9.17) is 9.47 Å². The van der Waals surface area contributed by atoms with Crippen molar-refractivity contribution >= 4 is 15.9 Å². The molecule has 0 aromatic carbocycles. The van der Waals surface area contributed by atoms with Crippen molar-refractivity contribution in [3.8, 4) is 0 Å². The minimum Gasteiger partial charge on any atom is -0.390 e. The lowest BCUT2D eigenvalue weighted by atomic mass is 9.60. The Bertz CT molecular complexity index is 719. The molecule has 3 aliphatic carbocycles. The molecule has 5 atom stereocenters. The van der Waals surface area contributed by atoms with Crippen molar-refractivity contribution in [2.24, 2.45) is 23.2 Å². The summed E-state index contributed by atoms with van der Waals surface area (Å²) in [6.45, 7) is 13.6.